The minimum absolute atomic E-state index is 0.0588. The maximum atomic E-state index is 12.3. The van der Waals surface area contributed by atoms with Gasteiger partial charge in [0.2, 0.25) is 5.91 Å². The number of anilines is 1. The Bertz CT molecular complexity index is 981. The molecule has 1 heterocycles. The topological polar surface area (TPSA) is 106 Å². The number of hydrogen-bond acceptors (Lipinski definition) is 5. The molecule has 0 radical (unpaired) electrons. The summed E-state index contributed by atoms with van der Waals surface area (Å²) in [6.45, 7) is 2.16. The number of nitrogens with two attached hydrogens (primary N) is 1. The summed E-state index contributed by atoms with van der Waals surface area (Å²) in [5.74, 6) is -0.406. The number of benzene rings is 1. The second kappa shape index (κ2) is 8.45. The van der Waals surface area contributed by atoms with Gasteiger partial charge in [0.05, 0.1) is 16.2 Å². The van der Waals surface area contributed by atoms with Gasteiger partial charge in [-0.3, -0.25) is 9.59 Å². The number of hydrogen-bond donors (Lipinski definition) is 2. The Labute approximate surface area is 169 Å². The molecule has 0 bridgehead atoms. The van der Waals surface area contributed by atoms with Crippen molar-refractivity contribution in [2.45, 2.75) is 43.9 Å². The molecule has 0 spiro atoms. The Balaban J connectivity index is 1.63. The lowest BCUT2D eigenvalue weighted by Gasteiger charge is -2.18. The first-order valence-corrected chi connectivity index (χ1v) is 11.8. The Morgan fingerprint density at radius 3 is 2.64 bits per heavy atom. The molecule has 1 aliphatic carbocycles. The second-order valence-electron chi connectivity index (χ2n) is 7.20. The highest BCUT2D eigenvalue weighted by molar-refractivity contribution is 7.91. The van der Waals surface area contributed by atoms with E-state index in [0.29, 0.717) is 16.5 Å². The number of carbonyl (C=O) groups excluding carboxylic acids is 2. The highest BCUT2D eigenvalue weighted by atomic mass is 32.2. The van der Waals surface area contributed by atoms with Gasteiger partial charge in [0.25, 0.3) is 5.91 Å². The Morgan fingerprint density at radius 1 is 1.25 bits per heavy atom. The van der Waals surface area contributed by atoms with Gasteiger partial charge in [-0.25, -0.2) is 8.42 Å². The van der Waals surface area contributed by atoms with Crippen LogP contribution in [-0.4, -0.2) is 26.0 Å². The summed E-state index contributed by atoms with van der Waals surface area (Å²) >= 11 is 1.41. The first kappa shape index (κ1) is 20.5. The smallest absolute Gasteiger partial charge is 0.251 e. The molecule has 1 unspecified atom stereocenters. The summed E-state index contributed by atoms with van der Waals surface area (Å²) in [4.78, 5) is 25.6. The zero-order chi connectivity index (χ0) is 20.3. The summed E-state index contributed by atoms with van der Waals surface area (Å²) in [5, 5.41) is 3.26. The minimum Gasteiger partial charge on any atom is -0.365 e. The molecular formula is C20H24N2O4S2. The van der Waals surface area contributed by atoms with Crippen LogP contribution < -0.4 is 11.1 Å². The number of primary amides is 1. The molecule has 1 atom stereocenters. The van der Waals surface area contributed by atoms with E-state index >= 15 is 0 Å². The maximum Gasteiger partial charge on any atom is 0.251 e. The predicted molar refractivity (Wildman–Crippen MR) is 110 cm³/mol. The predicted octanol–water partition coefficient (Wildman–Crippen LogP) is 3.16. The lowest BCUT2D eigenvalue weighted by molar-refractivity contribution is -0.116. The Morgan fingerprint density at radius 2 is 1.96 bits per heavy atom. The molecule has 1 aromatic carbocycles. The summed E-state index contributed by atoms with van der Waals surface area (Å²) in [7, 11) is -3.41. The van der Waals surface area contributed by atoms with Gasteiger partial charge >= 0.3 is 0 Å². The second-order valence-corrected chi connectivity index (χ2v) is 10.4. The van der Waals surface area contributed by atoms with Crippen LogP contribution in [0.2, 0.25) is 0 Å². The molecule has 0 fully saturated rings. The third-order valence-corrected chi connectivity index (χ3v) is 7.92. The van der Waals surface area contributed by atoms with Crippen molar-refractivity contribution in [1.82, 2.24) is 0 Å². The van der Waals surface area contributed by atoms with Crippen LogP contribution in [0.4, 0.5) is 5.00 Å². The van der Waals surface area contributed by atoms with Crippen LogP contribution in [0.5, 0.6) is 0 Å². The Kier molecular flexibility index (Phi) is 6.20. The molecule has 8 heteroatoms. The van der Waals surface area contributed by atoms with Crippen molar-refractivity contribution in [2.24, 2.45) is 11.7 Å². The van der Waals surface area contributed by atoms with Crippen LogP contribution in [-0.2, 0) is 27.5 Å². The number of nitrogens with one attached hydrogen (secondary N) is 1. The van der Waals surface area contributed by atoms with E-state index in [1.54, 1.807) is 30.3 Å². The van der Waals surface area contributed by atoms with Gasteiger partial charge in [-0.05, 0) is 49.3 Å². The normalized spacial score (nSPS) is 16.4. The van der Waals surface area contributed by atoms with E-state index in [4.69, 9.17) is 5.73 Å². The zero-order valence-corrected chi connectivity index (χ0v) is 17.4. The molecular weight excluding hydrogens is 396 g/mol. The summed E-state index contributed by atoms with van der Waals surface area (Å²) in [5.41, 5.74) is 6.92. The minimum atomic E-state index is -3.41. The third-order valence-electron chi connectivity index (χ3n) is 4.93. The van der Waals surface area contributed by atoms with Crippen molar-refractivity contribution in [3.8, 4) is 0 Å². The van der Waals surface area contributed by atoms with Gasteiger partial charge in [0.1, 0.15) is 5.00 Å². The van der Waals surface area contributed by atoms with Gasteiger partial charge in [-0.2, -0.15) is 0 Å². The number of thiophene rings is 1. The number of amides is 2. The first-order valence-electron chi connectivity index (χ1n) is 9.30. The van der Waals surface area contributed by atoms with Crippen molar-refractivity contribution < 1.29 is 18.0 Å². The van der Waals surface area contributed by atoms with E-state index in [0.717, 1.165) is 29.7 Å². The van der Waals surface area contributed by atoms with Crippen molar-refractivity contribution in [2.75, 3.05) is 11.1 Å². The molecule has 150 valence electrons. The highest BCUT2D eigenvalue weighted by Crippen LogP contribution is 2.39. The molecule has 0 saturated carbocycles. The molecule has 0 aliphatic heterocycles. The molecule has 3 N–H and O–H groups in total. The van der Waals surface area contributed by atoms with Crippen molar-refractivity contribution in [3.63, 3.8) is 0 Å². The first-order chi connectivity index (χ1) is 13.3. The number of rotatable bonds is 7. The molecule has 2 amide bonds. The van der Waals surface area contributed by atoms with Gasteiger partial charge in [0.15, 0.2) is 9.84 Å². The van der Waals surface area contributed by atoms with Crippen LogP contribution >= 0.6 is 11.3 Å². The van der Waals surface area contributed by atoms with E-state index in [1.165, 1.54) is 11.3 Å². The Hall–Kier alpha value is -2.19. The summed E-state index contributed by atoms with van der Waals surface area (Å²) in [6.07, 6.45) is 2.93. The average molecular weight is 421 g/mol. The van der Waals surface area contributed by atoms with Crippen LogP contribution in [0.15, 0.2) is 35.2 Å². The van der Waals surface area contributed by atoms with E-state index in [2.05, 4.69) is 12.2 Å². The van der Waals surface area contributed by atoms with Gasteiger partial charge in [-0.15, -0.1) is 11.3 Å². The SMILES string of the molecule is CC1CCc2c(sc(NC(=O)CCCS(=O)(=O)c3ccccc3)c2C(N)=O)C1. The van der Waals surface area contributed by atoms with Crippen molar-refractivity contribution >= 4 is 38.0 Å². The molecule has 0 saturated heterocycles. The fraction of sp³-hybridized carbons (Fsp3) is 0.400. The molecule has 6 nitrogen and oxygen atoms in total. The van der Waals surface area contributed by atoms with Gasteiger partial charge in [0, 0.05) is 11.3 Å². The van der Waals surface area contributed by atoms with Gasteiger partial charge < -0.3 is 11.1 Å². The highest BCUT2D eigenvalue weighted by Gasteiger charge is 2.27. The molecule has 3 rings (SSSR count). The van der Waals surface area contributed by atoms with Crippen LogP contribution in [0.1, 0.15) is 47.0 Å². The molecule has 1 aromatic heterocycles. The number of carbonyl (C=O) groups is 2. The van der Waals surface area contributed by atoms with E-state index < -0.39 is 15.7 Å². The standard InChI is InChI=1S/C20H24N2O4S2/c1-13-9-10-15-16(12-13)27-20(18(15)19(21)24)22-17(23)8-5-11-28(25,26)14-6-3-2-4-7-14/h2-4,6-7,13H,5,8-12H2,1H3,(H2,21,24)(H,22,23). The van der Waals surface area contributed by atoms with Gasteiger partial charge in [-0.1, -0.05) is 25.1 Å². The number of fused-ring (bicyclic) bond motifs is 1. The molecule has 2 aromatic rings. The fourth-order valence-electron chi connectivity index (χ4n) is 3.46. The maximum absolute atomic E-state index is 12.3. The van der Waals surface area contributed by atoms with E-state index in [1.807, 2.05) is 0 Å². The lowest BCUT2D eigenvalue weighted by Crippen LogP contribution is -2.19. The van der Waals surface area contributed by atoms with Crippen molar-refractivity contribution in [1.29, 1.82) is 0 Å². The van der Waals surface area contributed by atoms with Crippen LogP contribution in [0.25, 0.3) is 0 Å². The number of sulfone groups is 1. The molecule has 28 heavy (non-hydrogen) atoms. The van der Waals surface area contributed by atoms with Crippen LogP contribution in [0.3, 0.4) is 0 Å². The monoisotopic (exact) mass is 420 g/mol. The fourth-order valence-corrected chi connectivity index (χ4v) is 6.22. The third kappa shape index (κ3) is 4.62. The average Bonchev–Trinajstić information content (AvgIpc) is 2.99. The van der Waals surface area contributed by atoms with E-state index in [9.17, 15) is 18.0 Å². The summed E-state index contributed by atoms with van der Waals surface area (Å²) < 4.78 is 24.6. The van der Waals surface area contributed by atoms with E-state index in [-0.39, 0.29) is 29.4 Å². The van der Waals surface area contributed by atoms with Crippen molar-refractivity contribution in [3.05, 3.63) is 46.3 Å². The van der Waals surface area contributed by atoms with Crippen LogP contribution in [0, 0.1) is 5.92 Å². The largest absolute Gasteiger partial charge is 0.365 e. The summed E-state index contributed by atoms with van der Waals surface area (Å²) in [6, 6.07) is 8.19. The lowest BCUT2D eigenvalue weighted by atomic mass is 9.88. The quantitative estimate of drug-likeness (QED) is 0.717. The molecule has 1 aliphatic rings. The zero-order valence-electron chi connectivity index (χ0n) is 15.7.